The Bertz CT molecular complexity index is 1190. The molecule has 0 saturated carbocycles. The van der Waals surface area contributed by atoms with Crippen LogP contribution in [0, 0.1) is 10.8 Å². The van der Waals surface area contributed by atoms with Crippen LogP contribution in [0.4, 0.5) is 0 Å². The van der Waals surface area contributed by atoms with Crippen LogP contribution in [0.15, 0.2) is 45.2 Å². The van der Waals surface area contributed by atoms with Gasteiger partial charge in [-0.2, -0.15) is 0 Å². The molecule has 2 aliphatic carbocycles. The average molecular weight is 560 g/mol. The number of carbonyl (C=O) groups excluding carboxylic acids is 2. The molecule has 0 radical (unpaired) electrons. The topological polar surface area (TPSA) is 121 Å². The Kier molecular flexibility index (Phi) is 6.66. The van der Waals surface area contributed by atoms with Crippen molar-refractivity contribution in [1.29, 1.82) is 0 Å². The molecule has 1 aliphatic heterocycles. The molecule has 1 aromatic carbocycles. The molecule has 0 spiro atoms. The number of carboxylic acid groups (broad SMARTS) is 2. The minimum atomic E-state index is -1.10. The number of allylic oxidation sites excluding steroid dienone is 4. The first-order valence-corrected chi connectivity index (χ1v) is 12.6. The van der Waals surface area contributed by atoms with Gasteiger partial charge < -0.3 is 19.8 Å². The van der Waals surface area contributed by atoms with E-state index in [1.807, 2.05) is 27.7 Å². The van der Waals surface area contributed by atoms with Crippen LogP contribution in [0.25, 0.3) is 0 Å². The lowest BCUT2D eigenvalue weighted by Crippen LogP contribution is -2.45. The number of halogens is 1. The highest BCUT2D eigenvalue weighted by Crippen LogP contribution is 2.54. The summed E-state index contributed by atoms with van der Waals surface area (Å²) in [5, 5.41) is 18.7. The summed E-state index contributed by atoms with van der Waals surface area (Å²) in [5.74, 6) is -2.60. The molecule has 192 valence electrons. The van der Waals surface area contributed by atoms with E-state index >= 15 is 0 Å². The molecule has 8 nitrogen and oxygen atoms in total. The maximum absolute atomic E-state index is 13.6. The zero-order valence-electron chi connectivity index (χ0n) is 20.8. The van der Waals surface area contributed by atoms with Crippen molar-refractivity contribution in [3.63, 3.8) is 0 Å². The summed E-state index contributed by atoms with van der Waals surface area (Å²) in [4.78, 5) is 51.8. The van der Waals surface area contributed by atoms with Crippen LogP contribution in [0.3, 0.4) is 0 Å². The Morgan fingerprint density at radius 1 is 0.944 bits per heavy atom. The average Bonchev–Trinajstić information content (AvgIpc) is 2.71. The smallest absolute Gasteiger partial charge is 0.341 e. The van der Waals surface area contributed by atoms with E-state index in [0.29, 0.717) is 64.0 Å². The van der Waals surface area contributed by atoms with Gasteiger partial charge in [0.2, 0.25) is 0 Å². The fourth-order valence-corrected chi connectivity index (χ4v) is 6.17. The zero-order chi connectivity index (χ0) is 26.6. The van der Waals surface area contributed by atoms with Crippen LogP contribution in [0.1, 0.15) is 64.9 Å². The van der Waals surface area contributed by atoms with E-state index in [1.54, 1.807) is 23.1 Å². The van der Waals surface area contributed by atoms with Crippen molar-refractivity contribution in [1.82, 2.24) is 4.90 Å². The second kappa shape index (κ2) is 9.18. The lowest BCUT2D eigenvalue weighted by Gasteiger charge is -2.48. The number of benzene rings is 1. The summed E-state index contributed by atoms with van der Waals surface area (Å²) in [5.41, 5.74) is 2.31. The van der Waals surface area contributed by atoms with Crippen molar-refractivity contribution >= 4 is 39.4 Å². The molecule has 0 unspecified atom stereocenters. The highest BCUT2D eigenvalue weighted by atomic mass is 79.9. The van der Waals surface area contributed by atoms with Gasteiger partial charge in [-0.15, -0.1) is 0 Å². The minimum Gasteiger partial charge on any atom is -0.481 e. The maximum Gasteiger partial charge on any atom is 0.341 e. The highest BCUT2D eigenvalue weighted by molar-refractivity contribution is 9.10. The SMILES string of the molecule is CC1(C)CC(=O)C2=C(C1)N(CC(=O)O)C1=C(C(=O)CC(C)(C)C1)C2c1ccc(OCC(=O)O)c(Br)c1. The molecule has 4 rings (SSSR count). The first-order chi connectivity index (χ1) is 16.7. The summed E-state index contributed by atoms with van der Waals surface area (Å²) < 4.78 is 5.84. The number of ether oxygens (including phenoxy) is 1. The third-order valence-electron chi connectivity index (χ3n) is 6.96. The molecule has 0 bridgehead atoms. The van der Waals surface area contributed by atoms with Gasteiger partial charge in [-0.1, -0.05) is 33.8 Å². The minimum absolute atomic E-state index is 0.0897. The van der Waals surface area contributed by atoms with Crippen LogP contribution in [-0.2, 0) is 19.2 Å². The number of carboxylic acids is 2. The monoisotopic (exact) mass is 559 g/mol. The summed E-state index contributed by atoms with van der Waals surface area (Å²) >= 11 is 3.44. The van der Waals surface area contributed by atoms with Gasteiger partial charge >= 0.3 is 11.9 Å². The number of aliphatic carboxylic acids is 2. The molecule has 0 aromatic heterocycles. The van der Waals surface area contributed by atoms with E-state index in [9.17, 15) is 24.3 Å². The van der Waals surface area contributed by atoms with Gasteiger partial charge in [-0.3, -0.25) is 14.4 Å². The Hall–Kier alpha value is -2.94. The number of rotatable bonds is 6. The highest BCUT2D eigenvalue weighted by Gasteiger charge is 2.49. The summed E-state index contributed by atoms with van der Waals surface area (Å²) in [6, 6.07) is 5.12. The fourth-order valence-electron chi connectivity index (χ4n) is 5.66. The van der Waals surface area contributed by atoms with Gasteiger partial charge in [-0.05, 0) is 57.3 Å². The normalized spacial score (nSPS) is 21.3. The standard InChI is InChI=1S/C27H30BrNO7/c1-26(2)8-16-24(18(30)10-26)23(14-5-6-20(15(28)7-14)36-13-22(34)35)25-17(29(16)12-21(32)33)9-27(3,4)11-19(25)31/h5-7,23H,8-13H2,1-4H3,(H,32,33)(H,34,35). The Morgan fingerprint density at radius 3 is 1.92 bits per heavy atom. The summed E-state index contributed by atoms with van der Waals surface area (Å²) in [6.45, 7) is 7.16. The quantitative estimate of drug-likeness (QED) is 0.515. The lowest BCUT2D eigenvalue weighted by molar-refractivity contribution is -0.139. The number of hydrogen-bond donors (Lipinski definition) is 2. The number of carbonyl (C=O) groups is 4. The second-order valence-electron chi connectivity index (χ2n) is 11.4. The number of ketones is 2. The number of nitrogens with zero attached hydrogens (tertiary/aromatic N) is 1. The first-order valence-electron chi connectivity index (χ1n) is 11.8. The molecule has 2 N–H and O–H groups in total. The predicted molar refractivity (Wildman–Crippen MR) is 134 cm³/mol. The van der Waals surface area contributed by atoms with Gasteiger partial charge in [0.1, 0.15) is 12.3 Å². The third-order valence-corrected chi connectivity index (χ3v) is 7.58. The molecule has 9 heteroatoms. The Balaban J connectivity index is 1.93. The van der Waals surface area contributed by atoms with E-state index in [1.165, 1.54) is 0 Å². The first kappa shape index (κ1) is 26.1. The maximum atomic E-state index is 13.6. The molecule has 1 aromatic rings. The van der Waals surface area contributed by atoms with Gasteiger partial charge in [0.15, 0.2) is 18.2 Å². The Labute approximate surface area is 218 Å². The molecule has 3 aliphatic rings. The summed E-state index contributed by atoms with van der Waals surface area (Å²) in [6.07, 6.45) is 1.63. The zero-order valence-corrected chi connectivity index (χ0v) is 22.4. The Morgan fingerprint density at radius 2 is 1.47 bits per heavy atom. The van der Waals surface area contributed by atoms with E-state index in [-0.39, 0.29) is 28.9 Å². The lowest BCUT2D eigenvalue weighted by atomic mass is 9.63. The van der Waals surface area contributed by atoms with Crippen molar-refractivity contribution < 1.29 is 34.1 Å². The van der Waals surface area contributed by atoms with Gasteiger partial charge in [0.05, 0.1) is 4.47 Å². The molecule has 1 heterocycles. The van der Waals surface area contributed by atoms with Crippen molar-refractivity contribution in [2.45, 2.75) is 59.3 Å². The molecule has 36 heavy (non-hydrogen) atoms. The largest absolute Gasteiger partial charge is 0.481 e. The van der Waals surface area contributed by atoms with Crippen LogP contribution in [0.2, 0.25) is 0 Å². The van der Waals surface area contributed by atoms with Crippen molar-refractivity contribution in [2.24, 2.45) is 10.8 Å². The van der Waals surface area contributed by atoms with E-state index in [2.05, 4.69) is 15.9 Å². The molecule has 0 atom stereocenters. The van der Waals surface area contributed by atoms with Gasteiger partial charge in [0, 0.05) is 41.3 Å². The second-order valence-corrected chi connectivity index (χ2v) is 12.2. The summed E-state index contributed by atoms with van der Waals surface area (Å²) in [7, 11) is 0. The van der Waals surface area contributed by atoms with Crippen molar-refractivity contribution in [3.8, 4) is 5.75 Å². The van der Waals surface area contributed by atoms with Crippen molar-refractivity contribution in [2.75, 3.05) is 13.2 Å². The molecular weight excluding hydrogens is 530 g/mol. The van der Waals surface area contributed by atoms with E-state index < -0.39 is 24.5 Å². The van der Waals surface area contributed by atoms with Crippen molar-refractivity contribution in [3.05, 3.63) is 50.8 Å². The molecular formula is C27H30BrNO7. The number of Topliss-reactive ketones (excluding diaryl/α,β-unsaturated/α-hetero) is 2. The molecule has 0 saturated heterocycles. The van der Waals surface area contributed by atoms with Crippen LogP contribution in [0.5, 0.6) is 5.75 Å². The molecule has 0 amide bonds. The van der Waals surface area contributed by atoms with E-state index in [4.69, 9.17) is 9.84 Å². The van der Waals surface area contributed by atoms with Gasteiger partial charge in [-0.25, -0.2) is 4.79 Å². The number of hydrogen-bond acceptors (Lipinski definition) is 6. The van der Waals surface area contributed by atoms with E-state index in [0.717, 1.165) is 0 Å². The van der Waals surface area contributed by atoms with Crippen LogP contribution >= 0.6 is 15.9 Å². The van der Waals surface area contributed by atoms with Crippen LogP contribution < -0.4 is 4.74 Å². The van der Waals surface area contributed by atoms with Crippen LogP contribution in [-0.4, -0.2) is 51.8 Å². The fraction of sp³-hybridized carbons (Fsp3) is 0.481. The molecule has 0 fully saturated rings. The van der Waals surface area contributed by atoms with Gasteiger partial charge in [0.25, 0.3) is 0 Å². The third kappa shape index (κ3) is 4.98. The predicted octanol–water partition coefficient (Wildman–Crippen LogP) is 4.68.